The van der Waals surface area contributed by atoms with E-state index in [0.717, 1.165) is 19.4 Å². The van der Waals surface area contributed by atoms with Gasteiger partial charge >= 0.3 is 0 Å². The Bertz CT molecular complexity index is 332. The van der Waals surface area contributed by atoms with Crippen molar-refractivity contribution < 1.29 is 0 Å². The van der Waals surface area contributed by atoms with Gasteiger partial charge in [-0.15, -0.1) is 0 Å². The van der Waals surface area contributed by atoms with Gasteiger partial charge in [0.1, 0.15) is 5.82 Å². The van der Waals surface area contributed by atoms with E-state index in [-0.39, 0.29) is 0 Å². The van der Waals surface area contributed by atoms with Crippen LogP contribution < -0.4 is 11.1 Å². The van der Waals surface area contributed by atoms with Crippen LogP contribution in [0.4, 0.5) is 5.82 Å². The SMILES string of the molecule is CC(C)NCCC=CCc1ccnc(N)c1. The van der Waals surface area contributed by atoms with Crippen LogP contribution in [0.15, 0.2) is 30.5 Å². The summed E-state index contributed by atoms with van der Waals surface area (Å²) >= 11 is 0. The van der Waals surface area contributed by atoms with Crippen molar-refractivity contribution in [1.29, 1.82) is 0 Å². The predicted molar refractivity (Wildman–Crippen MR) is 69.2 cm³/mol. The van der Waals surface area contributed by atoms with Gasteiger partial charge in [-0.05, 0) is 37.1 Å². The summed E-state index contributed by atoms with van der Waals surface area (Å²) in [6.07, 6.45) is 8.12. The van der Waals surface area contributed by atoms with Gasteiger partial charge in [-0.2, -0.15) is 0 Å². The molecular weight excluding hydrogens is 198 g/mol. The van der Waals surface area contributed by atoms with Crippen molar-refractivity contribution in [3.05, 3.63) is 36.0 Å². The van der Waals surface area contributed by atoms with Crippen LogP contribution in [-0.4, -0.2) is 17.6 Å². The highest BCUT2D eigenvalue weighted by Gasteiger charge is 1.91. The lowest BCUT2D eigenvalue weighted by Crippen LogP contribution is -2.23. The molecule has 0 radical (unpaired) electrons. The first kappa shape index (κ1) is 12.7. The molecule has 0 spiro atoms. The summed E-state index contributed by atoms with van der Waals surface area (Å²) in [5.41, 5.74) is 6.81. The molecule has 1 aromatic heterocycles. The van der Waals surface area contributed by atoms with Gasteiger partial charge in [0.05, 0.1) is 0 Å². The number of nitrogen functional groups attached to an aromatic ring is 1. The Morgan fingerprint density at radius 1 is 1.44 bits per heavy atom. The molecule has 0 amide bonds. The fourth-order valence-corrected chi connectivity index (χ4v) is 1.41. The summed E-state index contributed by atoms with van der Waals surface area (Å²) in [6.45, 7) is 5.35. The van der Waals surface area contributed by atoms with Gasteiger partial charge in [-0.3, -0.25) is 0 Å². The zero-order valence-corrected chi connectivity index (χ0v) is 10.1. The molecule has 0 fully saturated rings. The molecule has 3 nitrogen and oxygen atoms in total. The number of hydrogen-bond donors (Lipinski definition) is 2. The molecule has 16 heavy (non-hydrogen) atoms. The number of nitrogens with two attached hydrogens (primary N) is 1. The van der Waals surface area contributed by atoms with Crippen LogP contribution in [0.1, 0.15) is 25.8 Å². The van der Waals surface area contributed by atoms with Crippen LogP contribution in [0, 0.1) is 0 Å². The summed E-state index contributed by atoms with van der Waals surface area (Å²) in [5, 5.41) is 3.37. The highest BCUT2D eigenvalue weighted by atomic mass is 14.9. The Morgan fingerprint density at radius 2 is 2.25 bits per heavy atom. The summed E-state index contributed by atoms with van der Waals surface area (Å²) in [4.78, 5) is 3.96. The average molecular weight is 219 g/mol. The van der Waals surface area contributed by atoms with E-state index < -0.39 is 0 Å². The number of anilines is 1. The Balaban J connectivity index is 2.21. The number of hydrogen-bond acceptors (Lipinski definition) is 3. The molecule has 88 valence electrons. The van der Waals surface area contributed by atoms with Crippen LogP contribution in [0.3, 0.4) is 0 Å². The minimum atomic E-state index is 0.563. The molecule has 0 saturated heterocycles. The van der Waals surface area contributed by atoms with E-state index in [9.17, 15) is 0 Å². The third kappa shape index (κ3) is 5.51. The van der Waals surface area contributed by atoms with Crippen molar-refractivity contribution in [2.24, 2.45) is 0 Å². The van der Waals surface area contributed by atoms with Crippen LogP contribution >= 0.6 is 0 Å². The van der Waals surface area contributed by atoms with Crippen molar-refractivity contribution in [2.45, 2.75) is 32.7 Å². The summed E-state index contributed by atoms with van der Waals surface area (Å²) in [7, 11) is 0. The molecule has 0 aliphatic rings. The maximum Gasteiger partial charge on any atom is 0.123 e. The van der Waals surface area contributed by atoms with Gasteiger partial charge in [0.15, 0.2) is 0 Å². The smallest absolute Gasteiger partial charge is 0.123 e. The third-order valence-corrected chi connectivity index (χ3v) is 2.23. The molecular formula is C13H21N3. The third-order valence-electron chi connectivity index (χ3n) is 2.23. The van der Waals surface area contributed by atoms with Gasteiger partial charge < -0.3 is 11.1 Å². The first-order valence-corrected chi connectivity index (χ1v) is 5.77. The quantitative estimate of drug-likeness (QED) is 0.569. The van der Waals surface area contributed by atoms with Crippen LogP contribution in [-0.2, 0) is 6.42 Å². The highest BCUT2D eigenvalue weighted by molar-refractivity contribution is 5.32. The van der Waals surface area contributed by atoms with Crippen LogP contribution in [0.2, 0.25) is 0 Å². The number of rotatable bonds is 6. The Morgan fingerprint density at radius 3 is 2.94 bits per heavy atom. The second-order valence-electron chi connectivity index (χ2n) is 4.16. The fourth-order valence-electron chi connectivity index (χ4n) is 1.41. The average Bonchev–Trinajstić information content (AvgIpc) is 2.23. The summed E-state index contributed by atoms with van der Waals surface area (Å²) in [5.74, 6) is 0.590. The lowest BCUT2D eigenvalue weighted by Gasteiger charge is -2.04. The Labute approximate surface area is 97.8 Å². The van der Waals surface area contributed by atoms with Gasteiger partial charge in [0.25, 0.3) is 0 Å². The van der Waals surface area contributed by atoms with Crippen molar-refractivity contribution in [3.8, 4) is 0 Å². The molecule has 1 aromatic rings. The first-order chi connectivity index (χ1) is 7.68. The molecule has 0 aromatic carbocycles. The molecule has 3 heteroatoms. The van der Waals surface area contributed by atoms with Gasteiger partial charge in [0, 0.05) is 12.2 Å². The molecule has 0 saturated carbocycles. The van der Waals surface area contributed by atoms with Crippen molar-refractivity contribution >= 4 is 5.82 Å². The lowest BCUT2D eigenvalue weighted by atomic mass is 10.2. The van der Waals surface area contributed by atoms with Gasteiger partial charge in [-0.25, -0.2) is 4.98 Å². The second-order valence-corrected chi connectivity index (χ2v) is 4.16. The minimum absolute atomic E-state index is 0.563. The van der Waals surface area contributed by atoms with Crippen molar-refractivity contribution in [1.82, 2.24) is 10.3 Å². The van der Waals surface area contributed by atoms with E-state index >= 15 is 0 Å². The number of pyridine rings is 1. The predicted octanol–water partition coefficient (Wildman–Crippen LogP) is 2.15. The number of aromatic nitrogens is 1. The molecule has 3 N–H and O–H groups in total. The largest absolute Gasteiger partial charge is 0.384 e. The molecule has 1 rings (SSSR count). The number of nitrogens with one attached hydrogen (secondary N) is 1. The minimum Gasteiger partial charge on any atom is -0.384 e. The van der Waals surface area contributed by atoms with E-state index in [2.05, 4.69) is 36.3 Å². The lowest BCUT2D eigenvalue weighted by molar-refractivity contribution is 0.594. The van der Waals surface area contributed by atoms with Crippen molar-refractivity contribution in [2.75, 3.05) is 12.3 Å². The van der Waals surface area contributed by atoms with E-state index in [4.69, 9.17) is 5.73 Å². The number of nitrogens with zero attached hydrogens (tertiary/aromatic N) is 1. The van der Waals surface area contributed by atoms with Crippen LogP contribution in [0.5, 0.6) is 0 Å². The van der Waals surface area contributed by atoms with Crippen LogP contribution in [0.25, 0.3) is 0 Å². The van der Waals surface area contributed by atoms with Gasteiger partial charge in [-0.1, -0.05) is 26.0 Å². The molecule has 0 aliphatic heterocycles. The number of allylic oxidation sites excluding steroid dienone is 1. The Kier molecular flexibility index (Phi) is 5.57. The standard InChI is InChI=1S/C13H21N3/c1-11(2)15-8-5-3-4-6-12-7-9-16-13(14)10-12/h3-4,7,9-11,15H,5-6,8H2,1-2H3,(H2,14,16). The normalized spacial score (nSPS) is 11.4. The van der Waals surface area contributed by atoms with Gasteiger partial charge in [0.2, 0.25) is 0 Å². The first-order valence-electron chi connectivity index (χ1n) is 5.77. The van der Waals surface area contributed by atoms with E-state index in [0.29, 0.717) is 11.9 Å². The summed E-state index contributed by atoms with van der Waals surface area (Å²) in [6, 6.07) is 4.47. The zero-order chi connectivity index (χ0) is 11.8. The topological polar surface area (TPSA) is 50.9 Å². The molecule has 0 aliphatic carbocycles. The molecule has 0 atom stereocenters. The second kappa shape index (κ2) is 7.01. The van der Waals surface area contributed by atoms with E-state index in [1.54, 1.807) is 6.20 Å². The molecule has 1 heterocycles. The maximum absolute atomic E-state index is 5.60. The summed E-state index contributed by atoms with van der Waals surface area (Å²) < 4.78 is 0. The molecule has 0 unspecified atom stereocenters. The molecule has 0 bridgehead atoms. The highest BCUT2D eigenvalue weighted by Crippen LogP contribution is 2.04. The maximum atomic E-state index is 5.60. The van der Waals surface area contributed by atoms with E-state index in [1.807, 2.05) is 12.1 Å². The Hall–Kier alpha value is -1.35. The fraction of sp³-hybridized carbons (Fsp3) is 0.462. The van der Waals surface area contributed by atoms with Crippen molar-refractivity contribution in [3.63, 3.8) is 0 Å². The van der Waals surface area contributed by atoms with E-state index in [1.165, 1.54) is 5.56 Å². The monoisotopic (exact) mass is 219 g/mol. The zero-order valence-electron chi connectivity index (χ0n) is 10.1.